The third-order valence-electron chi connectivity index (χ3n) is 3.04. The first kappa shape index (κ1) is 11.9. The SMILES string of the molecule is Cc1cc2c(cc1-c1ccnc(CCO)n1)OCO2. The Morgan fingerprint density at radius 3 is 2.84 bits per heavy atom. The monoisotopic (exact) mass is 258 g/mol. The van der Waals surface area contributed by atoms with Gasteiger partial charge < -0.3 is 14.6 Å². The van der Waals surface area contributed by atoms with Gasteiger partial charge in [-0.05, 0) is 30.7 Å². The van der Waals surface area contributed by atoms with E-state index in [2.05, 4.69) is 9.97 Å². The van der Waals surface area contributed by atoms with E-state index in [1.54, 1.807) is 6.20 Å². The molecule has 1 N–H and O–H groups in total. The number of hydrogen-bond donors (Lipinski definition) is 1. The predicted molar refractivity (Wildman–Crippen MR) is 69.1 cm³/mol. The molecule has 0 fully saturated rings. The molecule has 98 valence electrons. The summed E-state index contributed by atoms with van der Waals surface area (Å²) in [6.45, 7) is 2.31. The van der Waals surface area contributed by atoms with Crippen LogP contribution in [0.4, 0.5) is 0 Å². The molecule has 0 radical (unpaired) electrons. The molecule has 2 aromatic rings. The maximum Gasteiger partial charge on any atom is 0.231 e. The lowest BCUT2D eigenvalue weighted by molar-refractivity contribution is 0.174. The quantitative estimate of drug-likeness (QED) is 0.908. The van der Waals surface area contributed by atoms with Gasteiger partial charge in [0.2, 0.25) is 6.79 Å². The lowest BCUT2D eigenvalue weighted by atomic mass is 10.0. The van der Waals surface area contributed by atoms with Crippen LogP contribution in [-0.2, 0) is 6.42 Å². The summed E-state index contributed by atoms with van der Waals surface area (Å²) in [6.07, 6.45) is 2.16. The normalized spacial score (nSPS) is 12.7. The molecule has 0 saturated heterocycles. The van der Waals surface area contributed by atoms with Gasteiger partial charge in [-0.1, -0.05) is 0 Å². The largest absolute Gasteiger partial charge is 0.454 e. The molecule has 0 spiro atoms. The zero-order valence-corrected chi connectivity index (χ0v) is 10.6. The third kappa shape index (κ3) is 2.24. The molecule has 1 aromatic carbocycles. The molecule has 0 atom stereocenters. The van der Waals surface area contributed by atoms with Crippen molar-refractivity contribution in [2.24, 2.45) is 0 Å². The molecular formula is C14H14N2O3. The zero-order valence-electron chi connectivity index (χ0n) is 10.6. The van der Waals surface area contributed by atoms with E-state index in [-0.39, 0.29) is 13.4 Å². The molecule has 1 aliphatic heterocycles. The molecule has 0 bridgehead atoms. The number of aliphatic hydroxyl groups is 1. The second-order valence-electron chi connectivity index (χ2n) is 4.35. The average molecular weight is 258 g/mol. The molecule has 5 heteroatoms. The minimum Gasteiger partial charge on any atom is -0.454 e. The minimum atomic E-state index is 0.0452. The number of benzene rings is 1. The van der Waals surface area contributed by atoms with Gasteiger partial charge in [-0.3, -0.25) is 0 Å². The second-order valence-corrected chi connectivity index (χ2v) is 4.35. The van der Waals surface area contributed by atoms with Gasteiger partial charge in [-0.15, -0.1) is 0 Å². The molecule has 0 saturated carbocycles. The van der Waals surface area contributed by atoms with E-state index in [0.717, 1.165) is 28.3 Å². The highest BCUT2D eigenvalue weighted by molar-refractivity contribution is 5.68. The van der Waals surface area contributed by atoms with Gasteiger partial charge in [0.05, 0.1) is 12.3 Å². The highest BCUT2D eigenvalue weighted by Crippen LogP contribution is 2.37. The zero-order chi connectivity index (χ0) is 13.2. The van der Waals surface area contributed by atoms with Crippen LogP contribution in [0.25, 0.3) is 11.3 Å². The Bertz CT molecular complexity index is 614. The topological polar surface area (TPSA) is 64.5 Å². The maximum atomic E-state index is 8.95. The number of ether oxygens (including phenoxy) is 2. The summed E-state index contributed by atoms with van der Waals surface area (Å²) in [6, 6.07) is 5.74. The first-order valence-electron chi connectivity index (χ1n) is 6.11. The van der Waals surface area contributed by atoms with E-state index < -0.39 is 0 Å². The highest BCUT2D eigenvalue weighted by Gasteiger charge is 2.17. The fourth-order valence-corrected chi connectivity index (χ4v) is 2.09. The van der Waals surface area contributed by atoms with Crippen molar-refractivity contribution in [1.29, 1.82) is 0 Å². The summed E-state index contributed by atoms with van der Waals surface area (Å²) < 4.78 is 10.7. The van der Waals surface area contributed by atoms with Crippen LogP contribution in [0.15, 0.2) is 24.4 Å². The highest BCUT2D eigenvalue weighted by atomic mass is 16.7. The van der Waals surface area contributed by atoms with E-state index in [4.69, 9.17) is 14.6 Å². The average Bonchev–Trinajstić information content (AvgIpc) is 2.85. The van der Waals surface area contributed by atoms with Crippen LogP contribution < -0.4 is 9.47 Å². The number of hydrogen-bond acceptors (Lipinski definition) is 5. The lowest BCUT2D eigenvalue weighted by Gasteiger charge is -2.08. The molecule has 0 aliphatic carbocycles. The van der Waals surface area contributed by atoms with Gasteiger partial charge in [0.25, 0.3) is 0 Å². The van der Waals surface area contributed by atoms with Gasteiger partial charge in [-0.2, -0.15) is 0 Å². The van der Waals surface area contributed by atoms with Crippen LogP contribution in [0.1, 0.15) is 11.4 Å². The van der Waals surface area contributed by atoms with Crippen molar-refractivity contribution in [1.82, 2.24) is 9.97 Å². The number of aromatic nitrogens is 2. The second kappa shape index (κ2) is 4.85. The molecule has 3 rings (SSSR count). The van der Waals surface area contributed by atoms with Gasteiger partial charge in [0, 0.05) is 18.2 Å². The van der Waals surface area contributed by atoms with Crippen LogP contribution in [0, 0.1) is 6.92 Å². The Kier molecular flexibility index (Phi) is 3.05. The number of aliphatic hydroxyl groups excluding tert-OH is 1. The summed E-state index contributed by atoms with van der Waals surface area (Å²) in [4.78, 5) is 8.58. The van der Waals surface area contributed by atoms with Crippen molar-refractivity contribution < 1.29 is 14.6 Å². The van der Waals surface area contributed by atoms with E-state index in [0.29, 0.717) is 12.2 Å². The predicted octanol–water partition coefficient (Wildman–Crippen LogP) is 1.72. The molecule has 0 amide bonds. The Balaban J connectivity index is 2.04. The summed E-state index contributed by atoms with van der Waals surface area (Å²) in [5.41, 5.74) is 2.89. The fraction of sp³-hybridized carbons (Fsp3) is 0.286. The van der Waals surface area contributed by atoms with Crippen molar-refractivity contribution in [2.75, 3.05) is 13.4 Å². The van der Waals surface area contributed by atoms with Crippen molar-refractivity contribution in [3.8, 4) is 22.8 Å². The number of rotatable bonds is 3. The van der Waals surface area contributed by atoms with Crippen molar-refractivity contribution in [3.05, 3.63) is 35.8 Å². The Morgan fingerprint density at radius 1 is 1.26 bits per heavy atom. The van der Waals surface area contributed by atoms with Gasteiger partial charge >= 0.3 is 0 Å². The molecule has 1 aliphatic rings. The van der Waals surface area contributed by atoms with Crippen molar-refractivity contribution in [3.63, 3.8) is 0 Å². The summed E-state index contributed by atoms with van der Waals surface area (Å²) >= 11 is 0. The standard InChI is InChI=1S/C14H14N2O3/c1-9-6-12-13(19-8-18-12)7-10(9)11-2-4-15-14(16-11)3-5-17/h2,4,6-7,17H,3,5,8H2,1H3. The van der Waals surface area contributed by atoms with Crippen LogP contribution in [-0.4, -0.2) is 28.5 Å². The molecule has 0 unspecified atom stereocenters. The van der Waals surface area contributed by atoms with Crippen LogP contribution >= 0.6 is 0 Å². The van der Waals surface area contributed by atoms with Crippen molar-refractivity contribution in [2.45, 2.75) is 13.3 Å². The van der Waals surface area contributed by atoms with Gasteiger partial charge in [0.1, 0.15) is 5.82 Å². The van der Waals surface area contributed by atoms with E-state index in [9.17, 15) is 0 Å². The Hall–Kier alpha value is -2.14. The van der Waals surface area contributed by atoms with Gasteiger partial charge in [0.15, 0.2) is 11.5 Å². The molecule has 19 heavy (non-hydrogen) atoms. The summed E-state index contributed by atoms with van der Waals surface area (Å²) in [5, 5.41) is 8.95. The van der Waals surface area contributed by atoms with Crippen LogP contribution in [0.2, 0.25) is 0 Å². The number of nitrogens with zero attached hydrogens (tertiary/aromatic N) is 2. The molecule has 1 aromatic heterocycles. The van der Waals surface area contributed by atoms with E-state index >= 15 is 0 Å². The lowest BCUT2D eigenvalue weighted by Crippen LogP contribution is -1.99. The number of aryl methyl sites for hydroxylation is 1. The summed E-state index contributed by atoms with van der Waals surface area (Å²) in [7, 11) is 0. The summed E-state index contributed by atoms with van der Waals surface area (Å²) in [5.74, 6) is 2.14. The van der Waals surface area contributed by atoms with E-state index in [1.165, 1.54) is 0 Å². The molecular weight excluding hydrogens is 244 g/mol. The van der Waals surface area contributed by atoms with Crippen LogP contribution in [0.3, 0.4) is 0 Å². The maximum absolute atomic E-state index is 8.95. The minimum absolute atomic E-state index is 0.0452. The number of fused-ring (bicyclic) bond motifs is 1. The first-order chi connectivity index (χ1) is 9.28. The fourth-order valence-electron chi connectivity index (χ4n) is 2.09. The smallest absolute Gasteiger partial charge is 0.231 e. The van der Waals surface area contributed by atoms with E-state index in [1.807, 2.05) is 25.1 Å². The Morgan fingerprint density at radius 2 is 2.05 bits per heavy atom. The molecule has 2 heterocycles. The van der Waals surface area contributed by atoms with Crippen LogP contribution in [0.5, 0.6) is 11.5 Å². The third-order valence-corrected chi connectivity index (χ3v) is 3.04. The Labute approximate surface area is 110 Å². The van der Waals surface area contributed by atoms with Crippen molar-refractivity contribution >= 4 is 0 Å². The van der Waals surface area contributed by atoms with Gasteiger partial charge in [-0.25, -0.2) is 9.97 Å². The molecule has 5 nitrogen and oxygen atoms in total. The first-order valence-corrected chi connectivity index (χ1v) is 6.11.